The summed E-state index contributed by atoms with van der Waals surface area (Å²) < 4.78 is 0. The Morgan fingerprint density at radius 2 is 1.96 bits per heavy atom. The van der Waals surface area contributed by atoms with Crippen molar-refractivity contribution in [2.24, 2.45) is 0 Å². The van der Waals surface area contributed by atoms with Crippen molar-refractivity contribution in [2.75, 3.05) is 12.4 Å². The summed E-state index contributed by atoms with van der Waals surface area (Å²) >= 11 is 0. The van der Waals surface area contributed by atoms with Crippen LogP contribution < -0.4 is 5.32 Å². The summed E-state index contributed by atoms with van der Waals surface area (Å²) in [4.78, 5) is 14.5. The molecular formula is C20H27N3O. The van der Waals surface area contributed by atoms with E-state index in [2.05, 4.69) is 19.2 Å². The van der Waals surface area contributed by atoms with Gasteiger partial charge in [-0.05, 0) is 30.4 Å². The summed E-state index contributed by atoms with van der Waals surface area (Å²) in [6.07, 6.45) is 7.68. The van der Waals surface area contributed by atoms with Crippen LogP contribution in [0, 0.1) is 11.3 Å². The lowest BCUT2D eigenvalue weighted by Crippen LogP contribution is -2.30. The van der Waals surface area contributed by atoms with Gasteiger partial charge in [-0.3, -0.25) is 4.79 Å². The zero-order valence-corrected chi connectivity index (χ0v) is 14.9. The van der Waals surface area contributed by atoms with E-state index in [9.17, 15) is 10.1 Å². The minimum absolute atomic E-state index is 0.154. The Bertz CT molecular complexity index is 637. The van der Waals surface area contributed by atoms with Gasteiger partial charge in [0.25, 0.3) is 5.91 Å². The number of nitrogens with zero attached hydrogens (tertiary/aromatic N) is 2. The fourth-order valence-corrected chi connectivity index (χ4v) is 3.24. The molecule has 0 aliphatic heterocycles. The van der Waals surface area contributed by atoms with Crippen molar-refractivity contribution in [2.45, 2.75) is 57.9 Å². The SMILES string of the molecule is CC(C)c1ccccc1NC(=O)/C(C#N)=C\N(C)C1CCCCC1. The standard InChI is InChI=1S/C20H27N3O/c1-15(2)18-11-7-8-12-19(18)22-20(24)16(13-21)14-23(3)17-9-5-4-6-10-17/h7-8,11-12,14-15,17H,4-6,9-10H2,1-3H3,(H,22,24)/b16-14-. The lowest BCUT2D eigenvalue weighted by atomic mass is 9.94. The van der Waals surface area contributed by atoms with Crippen LogP contribution in [0.25, 0.3) is 0 Å². The predicted octanol–water partition coefficient (Wildman–Crippen LogP) is 4.42. The maximum Gasteiger partial charge on any atom is 0.267 e. The molecule has 0 unspecified atom stereocenters. The summed E-state index contributed by atoms with van der Waals surface area (Å²) in [5.74, 6) is -0.0332. The minimum Gasteiger partial charge on any atom is -0.376 e. The molecule has 0 aromatic heterocycles. The third-order valence-electron chi connectivity index (χ3n) is 4.68. The van der Waals surface area contributed by atoms with Crippen molar-refractivity contribution in [1.29, 1.82) is 5.26 Å². The Morgan fingerprint density at radius 1 is 1.29 bits per heavy atom. The van der Waals surface area contributed by atoms with E-state index in [-0.39, 0.29) is 11.5 Å². The van der Waals surface area contributed by atoms with Crippen LogP contribution in [0.1, 0.15) is 57.4 Å². The zero-order valence-electron chi connectivity index (χ0n) is 14.9. The van der Waals surface area contributed by atoms with Gasteiger partial charge in [-0.1, -0.05) is 51.3 Å². The van der Waals surface area contributed by atoms with Gasteiger partial charge in [0, 0.05) is 25.0 Å². The fraction of sp³-hybridized carbons (Fsp3) is 0.500. The first kappa shape index (κ1) is 18.1. The highest BCUT2D eigenvalue weighted by Gasteiger charge is 2.19. The highest BCUT2D eigenvalue weighted by molar-refractivity contribution is 6.06. The molecule has 1 aromatic rings. The van der Waals surface area contributed by atoms with Crippen molar-refractivity contribution in [1.82, 2.24) is 4.90 Å². The maximum absolute atomic E-state index is 12.5. The first-order valence-corrected chi connectivity index (χ1v) is 8.77. The van der Waals surface area contributed by atoms with Gasteiger partial charge in [0.2, 0.25) is 0 Å². The average Bonchev–Trinajstić information content (AvgIpc) is 2.60. The Balaban J connectivity index is 2.11. The van der Waals surface area contributed by atoms with Gasteiger partial charge in [-0.15, -0.1) is 0 Å². The number of nitrogens with one attached hydrogen (secondary N) is 1. The van der Waals surface area contributed by atoms with Gasteiger partial charge in [-0.25, -0.2) is 0 Å². The summed E-state index contributed by atoms with van der Waals surface area (Å²) in [5, 5.41) is 12.3. The van der Waals surface area contributed by atoms with Crippen molar-refractivity contribution >= 4 is 11.6 Å². The van der Waals surface area contributed by atoms with E-state index >= 15 is 0 Å². The lowest BCUT2D eigenvalue weighted by molar-refractivity contribution is -0.112. The van der Waals surface area contributed by atoms with Crippen LogP contribution in [0.5, 0.6) is 0 Å². The average molecular weight is 325 g/mol. The molecule has 0 heterocycles. The normalized spacial score (nSPS) is 15.9. The van der Waals surface area contributed by atoms with Crippen LogP contribution in [0.3, 0.4) is 0 Å². The molecule has 4 heteroatoms. The number of hydrogen-bond acceptors (Lipinski definition) is 3. The first-order chi connectivity index (χ1) is 11.5. The molecule has 0 radical (unpaired) electrons. The summed E-state index contributed by atoms with van der Waals surface area (Å²) in [6.45, 7) is 4.17. The summed E-state index contributed by atoms with van der Waals surface area (Å²) in [7, 11) is 1.96. The molecule has 0 bridgehead atoms. The molecule has 0 spiro atoms. The molecule has 1 fully saturated rings. The number of nitriles is 1. The van der Waals surface area contributed by atoms with Crippen LogP contribution in [0.2, 0.25) is 0 Å². The van der Waals surface area contributed by atoms with Gasteiger partial charge < -0.3 is 10.2 Å². The topological polar surface area (TPSA) is 56.1 Å². The van der Waals surface area contributed by atoms with Gasteiger partial charge in [-0.2, -0.15) is 5.26 Å². The number of amides is 1. The van der Waals surface area contributed by atoms with E-state index in [0.29, 0.717) is 12.0 Å². The summed E-state index contributed by atoms with van der Waals surface area (Å²) in [5.41, 5.74) is 2.00. The molecule has 24 heavy (non-hydrogen) atoms. The minimum atomic E-state index is -0.340. The molecule has 1 aliphatic rings. The van der Waals surface area contributed by atoms with E-state index in [1.807, 2.05) is 42.3 Å². The van der Waals surface area contributed by atoms with Gasteiger partial charge in [0.1, 0.15) is 11.6 Å². The molecule has 1 saturated carbocycles. The molecule has 4 nitrogen and oxygen atoms in total. The number of anilines is 1. The number of rotatable bonds is 5. The van der Waals surface area contributed by atoms with Crippen LogP contribution in [-0.4, -0.2) is 23.9 Å². The monoisotopic (exact) mass is 325 g/mol. The summed E-state index contributed by atoms with van der Waals surface area (Å²) in [6, 6.07) is 10.2. The molecule has 0 atom stereocenters. The van der Waals surface area contributed by atoms with Gasteiger partial charge in [0.15, 0.2) is 0 Å². The Labute approximate surface area is 145 Å². The van der Waals surface area contributed by atoms with E-state index in [1.54, 1.807) is 6.20 Å². The fourth-order valence-electron chi connectivity index (χ4n) is 3.24. The van der Waals surface area contributed by atoms with Crippen molar-refractivity contribution in [3.63, 3.8) is 0 Å². The van der Waals surface area contributed by atoms with Gasteiger partial charge >= 0.3 is 0 Å². The van der Waals surface area contributed by atoms with E-state index in [4.69, 9.17) is 0 Å². The first-order valence-electron chi connectivity index (χ1n) is 8.77. The molecule has 2 rings (SSSR count). The Morgan fingerprint density at radius 3 is 2.58 bits per heavy atom. The van der Waals surface area contributed by atoms with Crippen molar-refractivity contribution in [3.05, 3.63) is 41.6 Å². The second-order valence-corrected chi connectivity index (χ2v) is 6.81. The smallest absolute Gasteiger partial charge is 0.267 e. The van der Waals surface area contributed by atoms with Crippen LogP contribution in [-0.2, 0) is 4.79 Å². The number of carbonyl (C=O) groups excluding carboxylic acids is 1. The largest absolute Gasteiger partial charge is 0.376 e. The third-order valence-corrected chi connectivity index (χ3v) is 4.68. The highest BCUT2D eigenvalue weighted by atomic mass is 16.1. The number of para-hydroxylation sites is 1. The van der Waals surface area contributed by atoms with E-state index < -0.39 is 0 Å². The Kier molecular flexibility index (Phi) is 6.43. The molecule has 0 saturated heterocycles. The highest BCUT2D eigenvalue weighted by Crippen LogP contribution is 2.25. The Hall–Kier alpha value is -2.28. The molecule has 1 aromatic carbocycles. The second kappa shape index (κ2) is 8.54. The quantitative estimate of drug-likeness (QED) is 0.644. The van der Waals surface area contributed by atoms with Crippen molar-refractivity contribution in [3.8, 4) is 6.07 Å². The zero-order chi connectivity index (χ0) is 17.5. The second-order valence-electron chi connectivity index (χ2n) is 6.81. The van der Waals surface area contributed by atoms with Crippen LogP contribution in [0.15, 0.2) is 36.0 Å². The van der Waals surface area contributed by atoms with E-state index in [1.165, 1.54) is 19.3 Å². The lowest BCUT2D eigenvalue weighted by Gasteiger charge is -2.30. The predicted molar refractivity (Wildman–Crippen MR) is 97.5 cm³/mol. The molecule has 1 N–H and O–H groups in total. The van der Waals surface area contributed by atoms with Gasteiger partial charge in [0.05, 0.1) is 0 Å². The van der Waals surface area contributed by atoms with Crippen molar-refractivity contribution < 1.29 is 4.79 Å². The molecule has 1 aliphatic carbocycles. The number of benzene rings is 1. The third kappa shape index (κ3) is 4.61. The maximum atomic E-state index is 12.5. The number of carbonyl (C=O) groups is 1. The van der Waals surface area contributed by atoms with E-state index in [0.717, 1.165) is 24.1 Å². The number of hydrogen-bond donors (Lipinski definition) is 1. The molecular weight excluding hydrogens is 298 g/mol. The molecule has 1 amide bonds. The molecule has 128 valence electrons. The van der Waals surface area contributed by atoms with Crippen LogP contribution in [0.4, 0.5) is 5.69 Å². The van der Waals surface area contributed by atoms with Crippen LogP contribution >= 0.6 is 0 Å².